The van der Waals surface area contributed by atoms with Gasteiger partial charge in [-0.2, -0.15) is 0 Å². The Morgan fingerprint density at radius 3 is 2.67 bits per heavy atom. The van der Waals surface area contributed by atoms with Gasteiger partial charge < -0.3 is 10.6 Å². The summed E-state index contributed by atoms with van der Waals surface area (Å²) in [6.07, 6.45) is 0.976. The Balaban J connectivity index is 0.00000162. The minimum absolute atomic E-state index is 0. The van der Waals surface area contributed by atoms with Crippen LogP contribution < -0.4 is 5.73 Å². The van der Waals surface area contributed by atoms with Crippen LogP contribution in [0.2, 0.25) is 10.0 Å². The van der Waals surface area contributed by atoms with E-state index in [1.165, 1.54) is 0 Å². The molecule has 1 aliphatic rings. The first-order valence-electron chi connectivity index (χ1n) is 5.56. The van der Waals surface area contributed by atoms with Gasteiger partial charge in [0.25, 0.3) is 5.91 Å². The van der Waals surface area contributed by atoms with Crippen LogP contribution in [0.25, 0.3) is 0 Å². The van der Waals surface area contributed by atoms with Crippen molar-refractivity contribution in [1.82, 2.24) is 4.90 Å². The van der Waals surface area contributed by atoms with E-state index in [0.29, 0.717) is 28.1 Å². The van der Waals surface area contributed by atoms with Crippen molar-refractivity contribution >= 4 is 41.5 Å². The molecule has 18 heavy (non-hydrogen) atoms. The third-order valence-corrected chi connectivity index (χ3v) is 3.81. The lowest BCUT2D eigenvalue weighted by molar-refractivity contribution is 0.0787. The zero-order valence-electron chi connectivity index (χ0n) is 9.73. The van der Waals surface area contributed by atoms with Crippen molar-refractivity contribution in [2.45, 2.75) is 6.42 Å². The molecule has 0 aliphatic carbocycles. The summed E-state index contributed by atoms with van der Waals surface area (Å²) < 4.78 is 0. The fourth-order valence-electron chi connectivity index (χ4n) is 2.02. The molecule has 0 aromatic heterocycles. The van der Waals surface area contributed by atoms with Crippen LogP contribution >= 0.6 is 35.6 Å². The average Bonchev–Trinajstić information content (AvgIpc) is 2.80. The highest BCUT2D eigenvalue weighted by atomic mass is 35.5. The first kappa shape index (κ1) is 15.6. The van der Waals surface area contributed by atoms with Gasteiger partial charge >= 0.3 is 0 Å². The fourth-order valence-corrected chi connectivity index (χ4v) is 2.32. The third-order valence-electron chi connectivity index (χ3n) is 3.07. The molecular weight excluding hydrogens is 295 g/mol. The third kappa shape index (κ3) is 3.29. The Labute approximate surface area is 123 Å². The molecule has 2 rings (SSSR count). The summed E-state index contributed by atoms with van der Waals surface area (Å²) in [5, 5.41) is 0.872. The number of nitrogens with two attached hydrogens (primary N) is 1. The minimum Gasteiger partial charge on any atom is -0.338 e. The second-order valence-corrected chi connectivity index (χ2v) is 5.08. The molecule has 2 N–H and O–H groups in total. The molecule has 1 saturated heterocycles. The maximum atomic E-state index is 12.2. The van der Waals surface area contributed by atoms with Gasteiger partial charge in [0.1, 0.15) is 0 Å². The van der Waals surface area contributed by atoms with E-state index in [2.05, 4.69) is 0 Å². The van der Waals surface area contributed by atoms with Crippen LogP contribution in [0.4, 0.5) is 0 Å². The maximum absolute atomic E-state index is 12.2. The van der Waals surface area contributed by atoms with Crippen LogP contribution in [-0.2, 0) is 0 Å². The lowest BCUT2D eigenvalue weighted by Crippen LogP contribution is -2.29. The van der Waals surface area contributed by atoms with Crippen molar-refractivity contribution in [3.63, 3.8) is 0 Å². The molecule has 0 bridgehead atoms. The van der Waals surface area contributed by atoms with E-state index < -0.39 is 0 Å². The van der Waals surface area contributed by atoms with Gasteiger partial charge in [-0.15, -0.1) is 12.4 Å². The Kier molecular flexibility index (Phi) is 5.73. The van der Waals surface area contributed by atoms with Crippen molar-refractivity contribution in [2.75, 3.05) is 19.6 Å². The molecule has 1 fully saturated rings. The van der Waals surface area contributed by atoms with Crippen LogP contribution in [0.5, 0.6) is 0 Å². The number of benzene rings is 1. The van der Waals surface area contributed by atoms with E-state index in [1.807, 2.05) is 4.90 Å². The van der Waals surface area contributed by atoms with Crippen LogP contribution in [0, 0.1) is 5.92 Å². The van der Waals surface area contributed by atoms with E-state index in [1.54, 1.807) is 18.2 Å². The quantitative estimate of drug-likeness (QED) is 0.913. The molecule has 0 spiro atoms. The standard InChI is InChI=1S/C12H14Cl2N2O.ClH/c13-10-2-1-9(5-11(10)14)12(17)16-4-3-8(6-15)7-16;/h1-2,5,8H,3-4,6-7,15H2;1H. The molecule has 1 aliphatic heterocycles. The highest BCUT2D eigenvalue weighted by Crippen LogP contribution is 2.24. The molecule has 1 amide bonds. The minimum atomic E-state index is -0.000448. The van der Waals surface area contributed by atoms with Gasteiger partial charge in [-0.25, -0.2) is 0 Å². The first-order valence-corrected chi connectivity index (χ1v) is 6.32. The number of hydrogen-bond donors (Lipinski definition) is 1. The molecule has 0 radical (unpaired) electrons. The molecule has 100 valence electrons. The molecular formula is C12H15Cl3N2O. The molecule has 1 atom stereocenters. The SMILES string of the molecule is Cl.NCC1CCN(C(=O)c2ccc(Cl)c(Cl)c2)C1. The van der Waals surface area contributed by atoms with Crippen LogP contribution in [-0.4, -0.2) is 30.4 Å². The summed E-state index contributed by atoms with van der Waals surface area (Å²) in [6, 6.07) is 4.96. The van der Waals surface area contributed by atoms with Crippen molar-refractivity contribution in [3.05, 3.63) is 33.8 Å². The number of likely N-dealkylation sites (tertiary alicyclic amines) is 1. The van der Waals surface area contributed by atoms with E-state index in [-0.39, 0.29) is 18.3 Å². The molecule has 1 unspecified atom stereocenters. The summed E-state index contributed by atoms with van der Waals surface area (Å²) in [6.45, 7) is 2.13. The monoisotopic (exact) mass is 308 g/mol. The van der Waals surface area contributed by atoms with Crippen LogP contribution in [0.15, 0.2) is 18.2 Å². The number of halogens is 3. The van der Waals surface area contributed by atoms with Gasteiger partial charge in [-0.05, 0) is 37.1 Å². The largest absolute Gasteiger partial charge is 0.338 e. The van der Waals surface area contributed by atoms with E-state index in [9.17, 15) is 4.79 Å². The van der Waals surface area contributed by atoms with Gasteiger partial charge in [0.2, 0.25) is 0 Å². The smallest absolute Gasteiger partial charge is 0.253 e. The summed E-state index contributed by atoms with van der Waals surface area (Å²) in [5.74, 6) is 0.418. The van der Waals surface area contributed by atoms with E-state index in [4.69, 9.17) is 28.9 Å². The zero-order chi connectivity index (χ0) is 12.4. The van der Waals surface area contributed by atoms with Crippen molar-refractivity contribution in [3.8, 4) is 0 Å². The van der Waals surface area contributed by atoms with Gasteiger partial charge in [-0.1, -0.05) is 23.2 Å². The van der Waals surface area contributed by atoms with Crippen molar-refractivity contribution in [1.29, 1.82) is 0 Å². The zero-order valence-corrected chi connectivity index (χ0v) is 12.1. The van der Waals surface area contributed by atoms with Crippen molar-refractivity contribution in [2.24, 2.45) is 11.7 Å². The van der Waals surface area contributed by atoms with Gasteiger partial charge in [0.15, 0.2) is 0 Å². The predicted octanol–water partition coefficient (Wildman–Crippen LogP) is 2.84. The second kappa shape index (κ2) is 6.62. The van der Waals surface area contributed by atoms with E-state index >= 15 is 0 Å². The molecule has 1 aromatic carbocycles. The summed E-state index contributed by atoms with van der Waals surface area (Å²) in [7, 11) is 0. The molecule has 1 heterocycles. The molecule has 0 saturated carbocycles. The Hall–Kier alpha value is -0.480. The molecule has 6 heteroatoms. The van der Waals surface area contributed by atoms with Gasteiger partial charge in [0, 0.05) is 18.7 Å². The Morgan fingerprint density at radius 1 is 1.39 bits per heavy atom. The second-order valence-electron chi connectivity index (χ2n) is 4.27. The lowest BCUT2D eigenvalue weighted by Gasteiger charge is -2.16. The highest BCUT2D eigenvalue weighted by molar-refractivity contribution is 6.42. The molecule has 1 aromatic rings. The summed E-state index contributed by atoms with van der Waals surface area (Å²) in [4.78, 5) is 14.0. The lowest BCUT2D eigenvalue weighted by atomic mass is 10.1. The summed E-state index contributed by atoms with van der Waals surface area (Å²) >= 11 is 11.7. The number of nitrogens with zero attached hydrogens (tertiary/aromatic N) is 1. The van der Waals surface area contributed by atoms with Crippen LogP contribution in [0.1, 0.15) is 16.8 Å². The number of amides is 1. The van der Waals surface area contributed by atoms with Gasteiger partial charge in [-0.3, -0.25) is 4.79 Å². The Morgan fingerprint density at radius 2 is 2.11 bits per heavy atom. The number of carbonyl (C=O) groups excluding carboxylic acids is 1. The van der Waals surface area contributed by atoms with Crippen LogP contribution in [0.3, 0.4) is 0 Å². The first-order chi connectivity index (χ1) is 8.11. The van der Waals surface area contributed by atoms with E-state index in [0.717, 1.165) is 19.5 Å². The maximum Gasteiger partial charge on any atom is 0.253 e. The normalized spacial score (nSPS) is 18.6. The number of rotatable bonds is 2. The molecule has 3 nitrogen and oxygen atoms in total. The number of hydrogen-bond acceptors (Lipinski definition) is 2. The average molecular weight is 310 g/mol. The fraction of sp³-hybridized carbons (Fsp3) is 0.417. The van der Waals surface area contributed by atoms with Gasteiger partial charge in [0.05, 0.1) is 10.0 Å². The topological polar surface area (TPSA) is 46.3 Å². The predicted molar refractivity (Wildman–Crippen MR) is 76.8 cm³/mol. The van der Waals surface area contributed by atoms with Crippen molar-refractivity contribution < 1.29 is 4.79 Å². The highest BCUT2D eigenvalue weighted by Gasteiger charge is 2.26. The summed E-state index contributed by atoms with van der Waals surface area (Å²) in [5.41, 5.74) is 6.18. The number of carbonyl (C=O) groups is 1. The Bertz CT molecular complexity index is 439.